The van der Waals surface area contributed by atoms with Crippen molar-refractivity contribution in [2.24, 2.45) is 0 Å². The van der Waals surface area contributed by atoms with E-state index in [1.165, 1.54) is 98.5 Å². The largest absolute Gasteiger partial charge is 0.314 e. The van der Waals surface area contributed by atoms with Gasteiger partial charge in [0.2, 0.25) is 0 Å². The number of fused-ring (bicyclic) bond motifs is 10. The van der Waals surface area contributed by atoms with E-state index < -0.39 is 5.41 Å². The number of thioether (sulfide) groups is 1. The molecular formula is C58H47NS2. The number of anilines is 2. The summed E-state index contributed by atoms with van der Waals surface area (Å²) in [5.74, 6) is 0. The predicted octanol–water partition coefficient (Wildman–Crippen LogP) is 16.7. The van der Waals surface area contributed by atoms with Gasteiger partial charge in [-0.25, -0.2) is 0 Å². The molecule has 2 aliphatic carbocycles. The molecule has 7 aromatic carbocycles. The Morgan fingerprint density at radius 2 is 1.18 bits per heavy atom. The molecule has 0 N–H and O–H groups in total. The van der Waals surface area contributed by atoms with Gasteiger partial charge in [0.15, 0.2) is 0 Å². The minimum absolute atomic E-state index is 0.425. The van der Waals surface area contributed by atoms with Crippen LogP contribution in [0.4, 0.5) is 11.4 Å². The fourth-order valence-electron chi connectivity index (χ4n) is 9.85. The third-order valence-electron chi connectivity index (χ3n) is 12.4. The molecule has 7 aromatic rings. The van der Waals surface area contributed by atoms with E-state index in [9.17, 15) is 0 Å². The molecule has 2 aliphatic heterocycles. The first-order valence-electron chi connectivity index (χ1n) is 21.4. The Balaban J connectivity index is 0.00000220. The predicted molar refractivity (Wildman–Crippen MR) is 263 cm³/mol. The standard InChI is InChI=1S/C56H41NS2.C2H6/c1-37-16-12-13-33-58-55-44(37)22-15-23-45(55)41-18-14-17-39(35-41)40-29-32-52(38(2)34-40)57(42-19-4-3-5-20-42)43-30-31-47-46-21-6-7-24-48(46)56(51(47)36-43)49-25-8-10-27-53(49)59-54-28-11-9-26-50(54)56;1-2/h3-28,30-31,33-36H,1,29,32H2,2H3;1-2H3/b16-12-,33-13-;. The fraction of sp³-hybridized carbons (Fsp3) is 0.103. The van der Waals surface area contributed by atoms with Crippen molar-refractivity contribution in [3.63, 3.8) is 0 Å². The maximum absolute atomic E-state index is 4.37. The van der Waals surface area contributed by atoms with Gasteiger partial charge in [0.25, 0.3) is 0 Å². The van der Waals surface area contributed by atoms with Gasteiger partial charge < -0.3 is 4.90 Å². The van der Waals surface area contributed by atoms with Crippen LogP contribution in [-0.4, -0.2) is 0 Å². The Kier molecular flexibility index (Phi) is 10.4. The number of hydrogen-bond donors (Lipinski definition) is 0. The molecule has 0 radical (unpaired) electrons. The van der Waals surface area contributed by atoms with E-state index in [1.54, 1.807) is 11.8 Å². The van der Waals surface area contributed by atoms with E-state index in [2.05, 4.69) is 212 Å². The van der Waals surface area contributed by atoms with Crippen LogP contribution in [-0.2, 0) is 5.41 Å². The van der Waals surface area contributed by atoms with Gasteiger partial charge in [-0.05, 0) is 140 Å². The van der Waals surface area contributed by atoms with Crippen molar-refractivity contribution < 1.29 is 0 Å². The first kappa shape index (κ1) is 38.9. The molecule has 0 saturated carbocycles. The zero-order valence-electron chi connectivity index (χ0n) is 34.9. The Morgan fingerprint density at radius 3 is 1.95 bits per heavy atom. The van der Waals surface area contributed by atoms with Gasteiger partial charge in [0.05, 0.1) is 5.41 Å². The molecule has 3 heteroatoms. The van der Waals surface area contributed by atoms with Gasteiger partial charge in [-0.2, -0.15) is 0 Å². The molecule has 61 heavy (non-hydrogen) atoms. The number of rotatable bonds is 5. The van der Waals surface area contributed by atoms with Crippen molar-refractivity contribution in [2.75, 3.05) is 4.90 Å². The average molecular weight is 822 g/mol. The monoisotopic (exact) mass is 821 g/mol. The smallest absolute Gasteiger partial charge is 0.0736 e. The maximum Gasteiger partial charge on any atom is 0.0736 e. The van der Waals surface area contributed by atoms with Crippen LogP contribution in [0.15, 0.2) is 226 Å². The van der Waals surface area contributed by atoms with Crippen LogP contribution in [0.1, 0.15) is 67.0 Å². The lowest BCUT2D eigenvalue weighted by atomic mass is 9.67. The lowest BCUT2D eigenvalue weighted by Crippen LogP contribution is -2.32. The Labute approximate surface area is 369 Å². The van der Waals surface area contributed by atoms with Crippen LogP contribution in [0.3, 0.4) is 0 Å². The number of nitrogens with zero attached hydrogens (tertiary/aromatic N) is 1. The summed E-state index contributed by atoms with van der Waals surface area (Å²) < 4.78 is 0. The van der Waals surface area contributed by atoms with Crippen LogP contribution in [0.25, 0.3) is 33.4 Å². The quantitative estimate of drug-likeness (QED) is 0.170. The third-order valence-corrected chi connectivity index (χ3v) is 14.5. The molecule has 0 bridgehead atoms. The fourth-order valence-corrected chi connectivity index (χ4v) is 12.0. The van der Waals surface area contributed by atoms with Crippen molar-refractivity contribution in [1.82, 2.24) is 0 Å². The third kappa shape index (κ3) is 6.50. The summed E-state index contributed by atoms with van der Waals surface area (Å²) in [5.41, 5.74) is 20.0. The molecular weight excluding hydrogens is 775 g/mol. The molecule has 1 spiro atoms. The first-order valence-corrected chi connectivity index (χ1v) is 23.1. The highest BCUT2D eigenvalue weighted by Gasteiger charge is 2.50. The maximum atomic E-state index is 4.37. The van der Waals surface area contributed by atoms with Gasteiger partial charge in [-0.1, -0.05) is 190 Å². The SMILES string of the molecule is C=C1/C=C\C=C/Sc2c1cccc2-c1cccc(C2=CC(C)=C(N(c3ccccc3)c3ccc4c(c3)C3(c5ccccc5Sc5ccccc53)c3ccccc3-4)CC2)c1.CC. The number of para-hydroxylation sites is 1. The summed E-state index contributed by atoms with van der Waals surface area (Å²) >= 11 is 3.67. The van der Waals surface area contributed by atoms with Crippen LogP contribution in [0.5, 0.6) is 0 Å². The van der Waals surface area contributed by atoms with Crippen molar-refractivity contribution >= 4 is 46.0 Å². The molecule has 0 amide bonds. The van der Waals surface area contributed by atoms with Crippen LogP contribution >= 0.6 is 23.5 Å². The van der Waals surface area contributed by atoms with E-state index >= 15 is 0 Å². The summed E-state index contributed by atoms with van der Waals surface area (Å²) in [7, 11) is 0. The van der Waals surface area contributed by atoms with Gasteiger partial charge in [-0.3, -0.25) is 0 Å². The van der Waals surface area contributed by atoms with Crippen LogP contribution < -0.4 is 4.90 Å². The molecule has 1 nitrogen and oxygen atoms in total. The summed E-state index contributed by atoms with van der Waals surface area (Å²) in [4.78, 5) is 6.42. The Hall–Kier alpha value is -6.26. The van der Waals surface area contributed by atoms with Gasteiger partial charge in [0, 0.05) is 31.8 Å². The number of allylic oxidation sites excluding steroid dienone is 8. The second kappa shape index (κ2) is 16.3. The molecule has 0 fully saturated rings. The lowest BCUT2D eigenvalue weighted by molar-refractivity contribution is 0.722. The zero-order chi connectivity index (χ0) is 41.5. The molecule has 0 unspecified atom stereocenters. The highest BCUT2D eigenvalue weighted by molar-refractivity contribution is 8.02. The second-order valence-electron chi connectivity index (χ2n) is 15.7. The normalized spacial score (nSPS) is 16.3. The molecule has 296 valence electrons. The van der Waals surface area contributed by atoms with E-state index in [4.69, 9.17) is 0 Å². The van der Waals surface area contributed by atoms with Crippen molar-refractivity contribution in [3.8, 4) is 22.3 Å². The highest BCUT2D eigenvalue weighted by Crippen LogP contribution is 2.62. The topological polar surface area (TPSA) is 3.24 Å². The highest BCUT2D eigenvalue weighted by atomic mass is 32.2. The summed E-state index contributed by atoms with van der Waals surface area (Å²) in [5, 5.41) is 2.17. The van der Waals surface area contributed by atoms with Crippen LogP contribution in [0.2, 0.25) is 0 Å². The second-order valence-corrected chi connectivity index (χ2v) is 17.7. The summed E-state index contributed by atoms with van der Waals surface area (Å²) in [6.45, 7) is 10.7. The van der Waals surface area contributed by atoms with Crippen molar-refractivity contribution in [1.29, 1.82) is 0 Å². The molecule has 0 aromatic heterocycles. The molecule has 2 heterocycles. The molecule has 0 saturated heterocycles. The average Bonchev–Trinajstić information content (AvgIpc) is 3.59. The molecule has 4 aliphatic rings. The van der Waals surface area contributed by atoms with E-state index in [0.29, 0.717) is 0 Å². The van der Waals surface area contributed by atoms with Gasteiger partial charge >= 0.3 is 0 Å². The van der Waals surface area contributed by atoms with Crippen molar-refractivity contribution in [3.05, 3.63) is 245 Å². The molecule has 11 rings (SSSR count). The first-order chi connectivity index (χ1) is 30.1. The summed E-state index contributed by atoms with van der Waals surface area (Å²) in [6, 6.07) is 61.1. The van der Waals surface area contributed by atoms with Gasteiger partial charge in [0.1, 0.15) is 0 Å². The molecule has 0 atom stereocenters. The minimum Gasteiger partial charge on any atom is -0.314 e. The van der Waals surface area contributed by atoms with E-state index in [1.807, 2.05) is 25.6 Å². The lowest BCUT2D eigenvalue weighted by Gasteiger charge is -2.40. The van der Waals surface area contributed by atoms with Crippen LogP contribution in [0, 0.1) is 0 Å². The summed E-state index contributed by atoms with van der Waals surface area (Å²) in [6.07, 6.45) is 10.6. The van der Waals surface area contributed by atoms with E-state index in [-0.39, 0.29) is 0 Å². The number of benzene rings is 7. The van der Waals surface area contributed by atoms with E-state index in [0.717, 1.165) is 18.4 Å². The van der Waals surface area contributed by atoms with Crippen molar-refractivity contribution in [2.45, 2.75) is 53.7 Å². The zero-order valence-corrected chi connectivity index (χ0v) is 36.5. The Morgan fingerprint density at radius 1 is 0.541 bits per heavy atom. The minimum atomic E-state index is -0.425. The number of hydrogen-bond acceptors (Lipinski definition) is 3. The van der Waals surface area contributed by atoms with Gasteiger partial charge in [-0.15, -0.1) is 0 Å². The Bertz CT molecular complexity index is 2930.